The molecule has 2 saturated heterocycles. The number of aliphatic carboxylic acids is 1. The van der Waals surface area contributed by atoms with Crippen LogP contribution in [0.5, 0.6) is 0 Å². The summed E-state index contributed by atoms with van der Waals surface area (Å²) in [4.78, 5) is 38.5. The minimum atomic E-state index is -0.988. The summed E-state index contributed by atoms with van der Waals surface area (Å²) in [6.45, 7) is 3.55. The highest BCUT2D eigenvalue weighted by molar-refractivity contribution is 5.88. The Bertz CT molecular complexity index is 420. The zero-order valence-corrected chi connectivity index (χ0v) is 12.4. The predicted octanol–water partition coefficient (Wildman–Crippen LogP) is 0.646. The molecule has 2 heterocycles. The van der Waals surface area contributed by atoms with E-state index in [4.69, 9.17) is 5.11 Å². The second-order valence-electron chi connectivity index (χ2n) is 5.75. The average molecular weight is 297 g/mol. The summed E-state index contributed by atoms with van der Waals surface area (Å²) in [5, 5.41) is 11.7. The Kier molecular flexibility index (Phi) is 5.03. The van der Waals surface area contributed by atoms with E-state index < -0.39 is 24.1 Å². The van der Waals surface area contributed by atoms with Gasteiger partial charge in [0.25, 0.3) is 0 Å². The number of hydrogen-bond acceptors (Lipinski definition) is 3. The van der Waals surface area contributed by atoms with Crippen LogP contribution in [0.1, 0.15) is 39.0 Å². The Morgan fingerprint density at radius 1 is 1.10 bits per heavy atom. The van der Waals surface area contributed by atoms with E-state index in [0.29, 0.717) is 19.4 Å². The average Bonchev–Trinajstić information content (AvgIpc) is 2.97. The van der Waals surface area contributed by atoms with Crippen LogP contribution >= 0.6 is 0 Å². The third-order valence-corrected chi connectivity index (χ3v) is 4.18. The van der Waals surface area contributed by atoms with Crippen LogP contribution in [0, 0.1) is 0 Å². The molecule has 2 atom stereocenters. The number of nitrogens with zero attached hydrogens (tertiary/aromatic N) is 2. The highest BCUT2D eigenvalue weighted by atomic mass is 16.4. The van der Waals surface area contributed by atoms with Crippen LogP contribution in [0.2, 0.25) is 0 Å². The molecule has 7 nitrogen and oxygen atoms in total. The lowest BCUT2D eigenvalue weighted by Gasteiger charge is -2.30. The molecule has 2 unspecified atom stereocenters. The van der Waals surface area contributed by atoms with Crippen LogP contribution < -0.4 is 5.32 Å². The van der Waals surface area contributed by atoms with Gasteiger partial charge in [0.05, 0.1) is 0 Å². The number of amides is 3. The van der Waals surface area contributed by atoms with Crippen molar-refractivity contribution >= 4 is 17.9 Å². The van der Waals surface area contributed by atoms with Crippen LogP contribution in [-0.2, 0) is 9.59 Å². The first-order valence-electron chi connectivity index (χ1n) is 7.59. The largest absolute Gasteiger partial charge is 0.480 e. The number of carboxylic acid groups (broad SMARTS) is 1. The van der Waals surface area contributed by atoms with E-state index in [9.17, 15) is 14.4 Å². The number of hydrogen-bond donors (Lipinski definition) is 2. The smallest absolute Gasteiger partial charge is 0.326 e. The Morgan fingerprint density at radius 2 is 1.76 bits per heavy atom. The van der Waals surface area contributed by atoms with Gasteiger partial charge < -0.3 is 20.2 Å². The van der Waals surface area contributed by atoms with E-state index in [1.165, 1.54) is 4.90 Å². The molecule has 21 heavy (non-hydrogen) atoms. The van der Waals surface area contributed by atoms with Crippen LogP contribution in [0.3, 0.4) is 0 Å². The van der Waals surface area contributed by atoms with Gasteiger partial charge in [0.1, 0.15) is 12.1 Å². The number of likely N-dealkylation sites (tertiary alicyclic amines) is 2. The minimum Gasteiger partial charge on any atom is -0.480 e. The minimum absolute atomic E-state index is 0.0888. The summed E-state index contributed by atoms with van der Waals surface area (Å²) in [6.07, 6.45) is 4.29. The molecular weight excluding hydrogens is 274 g/mol. The molecule has 0 aliphatic carbocycles. The molecule has 118 valence electrons. The lowest BCUT2D eigenvalue weighted by atomic mass is 10.1. The summed E-state index contributed by atoms with van der Waals surface area (Å²) in [5.41, 5.74) is 0. The Balaban J connectivity index is 1.89. The monoisotopic (exact) mass is 297 g/mol. The molecule has 0 aromatic carbocycles. The van der Waals surface area contributed by atoms with Gasteiger partial charge in [-0.25, -0.2) is 9.59 Å². The molecule has 2 rings (SSSR count). The summed E-state index contributed by atoms with van der Waals surface area (Å²) in [6, 6.07) is -1.86. The summed E-state index contributed by atoms with van der Waals surface area (Å²) >= 11 is 0. The third-order valence-electron chi connectivity index (χ3n) is 4.18. The third kappa shape index (κ3) is 3.65. The van der Waals surface area contributed by atoms with Gasteiger partial charge in [-0.2, -0.15) is 0 Å². The van der Waals surface area contributed by atoms with Crippen LogP contribution in [0.4, 0.5) is 4.79 Å². The lowest BCUT2D eigenvalue weighted by molar-refractivity contribution is -0.141. The molecule has 0 radical (unpaired) electrons. The standard InChI is InChI=1S/C14H23N3O4/c1-10(12(18)16-7-3-2-4-8-16)15-14(21)17-9-5-6-11(17)13(19)20/h10-11H,2-9H2,1H3,(H,15,21)(H,19,20). The molecule has 2 aliphatic heterocycles. The lowest BCUT2D eigenvalue weighted by Crippen LogP contribution is -2.53. The van der Waals surface area contributed by atoms with Crippen molar-refractivity contribution in [3.05, 3.63) is 0 Å². The van der Waals surface area contributed by atoms with Gasteiger partial charge in [-0.15, -0.1) is 0 Å². The van der Waals surface area contributed by atoms with E-state index in [-0.39, 0.29) is 5.91 Å². The fourth-order valence-corrected chi connectivity index (χ4v) is 2.98. The van der Waals surface area contributed by atoms with E-state index in [1.807, 2.05) is 0 Å². The van der Waals surface area contributed by atoms with Gasteiger partial charge in [-0.1, -0.05) is 0 Å². The number of carbonyl (C=O) groups is 3. The van der Waals surface area contributed by atoms with Crippen molar-refractivity contribution in [2.24, 2.45) is 0 Å². The van der Waals surface area contributed by atoms with Crippen LogP contribution in [0.25, 0.3) is 0 Å². The molecule has 0 spiro atoms. The first-order valence-corrected chi connectivity index (χ1v) is 7.59. The van der Waals surface area contributed by atoms with Crippen molar-refractivity contribution in [2.45, 2.75) is 51.1 Å². The number of carbonyl (C=O) groups excluding carboxylic acids is 2. The topological polar surface area (TPSA) is 90.0 Å². The van der Waals surface area contributed by atoms with Gasteiger partial charge >= 0.3 is 12.0 Å². The van der Waals surface area contributed by atoms with Gasteiger partial charge in [0.15, 0.2) is 0 Å². The van der Waals surface area contributed by atoms with Crippen molar-refractivity contribution in [3.8, 4) is 0 Å². The molecule has 0 bridgehead atoms. The van der Waals surface area contributed by atoms with Gasteiger partial charge in [-0.05, 0) is 39.0 Å². The normalized spacial score (nSPS) is 23.8. The van der Waals surface area contributed by atoms with Crippen molar-refractivity contribution in [2.75, 3.05) is 19.6 Å². The van der Waals surface area contributed by atoms with E-state index in [0.717, 1.165) is 32.4 Å². The van der Waals surface area contributed by atoms with Crippen LogP contribution in [0.15, 0.2) is 0 Å². The van der Waals surface area contributed by atoms with Gasteiger partial charge in [-0.3, -0.25) is 4.79 Å². The maximum absolute atomic E-state index is 12.2. The Labute approximate surface area is 124 Å². The maximum Gasteiger partial charge on any atom is 0.326 e. The molecule has 7 heteroatoms. The number of nitrogens with one attached hydrogen (secondary N) is 1. The van der Waals surface area contributed by atoms with Gasteiger partial charge in [0.2, 0.25) is 5.91 Å². The second kappa shape index (κ2) is 6.78. The van der Waals surface area contributed by atoms with Gasteiger partial charge in [0, 0.05) is 19.6 Å². The van der Waals surface area contributed by atoms with E-state index in [1.54, 1.807) is 11.8 Å². The highest BCUT2D eigenvalue weighted by Gasteiger charge is 2.35. The molecule has 2 aliphatic rings. The molecular formula is C14H23N3O4. The zero-order chi connectivity index (χ0) is 15.4. The van der Waals surface area contributed by atoms with Crippen molar-refractivity contribution in [3.63, 3.8) is 0 Å². The Morgan fingerprint density at radius 3 is 2.38 bits per heavy atom. The first kappa shape index (κ1) is 15.6. The molecule has 0 aromatic rings. The molecule has 0 saturated carbocycles. The summed E-state index contributed by atoms with van der Waals surface area (Å²) < 4.78 is 0. The SMILES string of the molecule is CC(NC(=O)N1CCCC1C(=O)O)C(=O)N1CCCCC1. The highest BCUT2D eigenvalue weighted by Crippen LogP contribution is 2.17. The van der Waals surface area contributed by atoms with Crippen molar-refractivity contribution < 1.29 is 19.5 Å². The summed E-state index contributed by atoms with van der Waals surface area (Å²) in [5.74, 6) is -1.08. The fourth-order valence-electron chi connectivity index (χ4n) is 2.98. The van der Waals surface area contributed by atoms with Crippen molar-refractivity contribution in [1.82, 2.24) is 15.1 Å². The number of piperidine rings is 1. The molecule has 2 N–H and O–H groups in total. The second-order valence-corrected chi connectivity index (χ2v) is 5.75. The summed E-state index contributed by atoms with van der Waals surface area (Å²) in [7, 11) is 0. The predicted molar refractivity (Wildman–Crippen MR) is 75.8 cm³/mol. The molecule has 0 aromatic heterocycles. The zero-order valence-electron chi connectivity index (χ0n) is 12.4. The maximum atomic E-state index is 12.2. The van der Waals surface area contributed by atoms with Crippen molar-refractivity contribution in [1.29, 1.82) is 0 Å². The van der Waals surface area contributed by atoms with E-state index >= 15 is 0 Å². The molecule has 3 amide bonds. The fraction of sp³-hybridized carbons (Fsp3) is 0.786. The Hall–Kier alpha value is -1.79. The number of carboxylic acids is 1. The number of rotatable bonds is 3. The molecule has 2 fully saturated rings. The first-order chi connectivity index (χ1) is 10.0. The van der Waals surface area contributed by atoms with E-state index in [2.05, 4.69) is 5.32 Å². The quantitative estimate of drug-likeness (QED) is 0.800. The van der Waals surface area contributed by atoms with Crippen LogP contribution in [-0.4, -0.2) is 64.5 Å². The number of urea groups is 1.